The van der Waals surface area contributed by atoms with Crippen LogP contribution in [-0.4, -0.2) is 44.8 Å². The number of amides is 1. The van der Waals surface area contributed by atoms with Crippen molar-refractivity contribution >= 4 is 28.5 Å². The van der Waals surface area contributed by atoms with Crippen LogP contribution in [-0.2, 0) is 4.74 Å². The monoisotopic (exact) mass is 499 g/mol. The standard InChI is InChI=1S/C27H30ClNO6/c1-5-6-12-34-20-9-8-17(14-22(20)33-4)24-23-25(30)18-15-19(28)16(2)13-21(18)35-26(23)27(31)29(24)10-7-11-32-3/h8-9,13-15,24H,5-7,10-12H2,1-4H3. The van der Waals surface area contributed by atoms with Gasteiger partial charge < -0.3 is 23.5 Å². The van der Waals surface area contributed by atoms with Crippen molar-refractivity contribution in [3.05, 3.63) is 68.0 Å². The number of hydrogen-bond acceptors (Lipinski definition) is 6. The van der Waals surface area contributed by atoms with Gasteiger partial charge in [0.15, 0.2) is 16.9 Å². The number of ether oxygens (including phenoxy) is 3. The van der Waals surface area contributed by atoms with Gasteiger partial charge in [0.25, 0.3) is 5.91 Å². The number of rotatable bonds is 10. The fourth-order valence-corrected chi connectivity index (χ4v) is 4.56. The van der Waals surface area contributed by atoms with E-state index in [9.17, 15) is 9.59 Å². The minimum atomic E-state index is -0.631. The Morgan fingerprint density at radius 1 is 1.06 bits per heavy atom. The number of nitrogens with zero attached hydrogens (tertiary/aromatic N) is 1. The van der Waals surface area contributed by atoms with Crippen molar-refractivity contribution in [2.45, 2.75) is 39.2 Å². The molecule has 1 aliphatic rings. The topological polar surface area (TPSA) is 78.2 Å². The van der Waals surface area contributed by atoms with Crippen LogP contribution in [0.4, 0.5) is 0 Å². The molecule has 2 heterocycles. The van der Waals surface area contributed by atoms with Crippen molar-refractivity contribution in [1.29, 1.82) is 0 Å². The quantitative estimate of drug-likeness (QED) is 0.341. The van der Waals surface area contributed by atoms with E-state index in [2.05, 4.69) is 6.92 Å². The molecule has 0 saturated carbocycles. The van der Waals surface area contributed by atoms with Crippen LogP contribution in [0, 0.1) is 6.92 Å². The maximum atomic E-state index is 13.7. The van der Waals surface area contributed by atoms with Crippen molar-refractivity contribution < 1.29 is 23.4 Å². The second kappa shape index (κ2) is 10.7. The van der Waals surface area contributed by atoms with Gasteiger partial charge in [-0.05, 0) is 55.2 Å². The summed E-state index contributed by atoms with van der Waals surface area (Å²) >= 11 is 6.31. The number of carbonyl (C=O) groups excluding carboxylic acids is 1. The van der Waals surface area contributed by atoms with Crippen molar-refractivity contribution in [3.8, 4) is 11.5 Å². The summed E-state index contributed by atoms with van der Waals surface area (Å²) in [7, 11) is 3.19. The van der Waals surface area contributed by atoms with Crippen LogP contribution >= 0.6 is 11.6 Å². The highest BCUT2D eigenvalue weighted by Gasteiger charge is 2.42. The van der Waals surface area contributed by atoms with E-state index in [1.54, 1.807) is 31.3 Å². The number of aryl methyl sites for hydroxylation is 1. The van der Waals surface area contributed by atoms with E-state index in [0.717, 1.165) is 24.0 Å². The zero-order chi connectivity index (χ0) is 25.1. The van der Waals surface area contributed by atoms with Crippen LogP contribution < -0.4 is 14.9 Å². The Hall–Kier alpha value is -3.03. The van der Waals surface area contributed by atoms with Gasteiger partial charge in [0.2, 0.25) is 5.76 Å². The average Bonchev–Trinajstić information content (AvgIpc) is 3.13. The van der Waals surface area contributed by atoms with E-state index in [1.807, 2.05) is 25.1 Å². The summed E-state index contributed by atoms with van der Waals surface area (Å²) in [6.45, 7) is 5.38. The number of methoxy groups -OCH3 is 2. The van der Waals surface area contributed by atoms with Gasteiger partial charge in [0, 0.05) is 25.3 Å². The second-order valence-electron chi connectivity index (χ2n) is 8.63. The molecule has 1 aromatic heterocycles. The average molecular weight is 500 g/mol. The van der Waals surface area contributed by atoms with E-state index < -0.39 is 6.04 Å². The van der Waals surface area contributed by atoms with Crippen LogP contribution in [0.1, 0.15) is 59.5 Å². The third kappa shape index (κ3) is 4.75. The van der Waals surface area contributed by atoms with Crippen molar-refractivity contribution in [1.82, 2.24) is 4.90 Å². The van der Waals surface area contributed by atoms with Crippen molar-refractivity contribution in [2.24, 2.45) is 0 Å². The number of halogens is 1. The molecule has 0 saturated heterocycles. The van der Waals surface area contributed by atoms with Gasteiger partial charge >= 0.3 is 0 Å². The largest absolute Gasteiger partial charge is 0.493 e. The van der Waals surface area contributed by atoms with Gasteiger partial charge in [-0.2, -0.15) is 0 Å². The highest BCUT2D eigenvalue weighted by atomic mass is 35.5. The zero-order valence-corrected chi connectivity index (χ0v) is 21.2. The Bertz CT molecular complexity index is 1300. The van der Waals surface area contributed by atoms with Gasteiger partial charge in [-0.25, -0.2) is 0 Å². The van der Waals surface area contributed by atoms with E-state index >= 15 is 0 Å². The normalized spacial score (nSPS) is 15.1. The minimum absolute atomic E-state index is 0.0638. The number of fused-ring (bicyclic) bond motifs is 2. The van der Waals surface area contributed by atoms with Crippen LogP contribution in [0.15, 0.2) is 39.5 Å². The summed E-state index contributed by atoms with van der Waals surface area (Å²) in [6.07, 6.45) is 2.56. The molecule has 35 heavy (non-hydrogen) atoms. The third-order valence-corrected chi connectivity index (χ3v) is 6.66. The van der Waals surface area contributed by atoms with Crippen LogP contribution in [0.25, 0.3) is 11.0 Å². The van der Waals surface area contributed by atoms with E-state index in [0.29, 0.717) is 59.2 Å². The molecular weight excluding hydrogens is 470 g/mol. The van der Waals surface area contributed by atoms with Crippen LogP contribution in [0.3, 0.4) is 0 Å². The molecule has 0 radical (unpaired) electrons. The smallest absolute Gasteiger partial charge is 0.290 e. The fourth-order valence-electron chi connectivity index (χ4n) is 4.40. The lowest BCUT2D eigenvalue weighted by molar-refractivity contribution is 0.0707. The molecule has 1 aliphatic heterocycles. The fraction of sp³-hybridized carbons (Fsp3) is 0.407. The zero-order valence-electron chi connectivity index (χ0n) is 20.5. The molecule has 7 nitrogen and oxygen atoms in total. The van der Waals surface area contributed by atoms with E-state index in [4.69, 9.17) is 30.2 Å². The highest BCUT2D eigenvalue weighted by molar-refractivity contribution is 6.32. The van der Waals surface area contributed by atoms with Gasteiger partial charge in [-0.15, -0.1) is 0 Å². The van der Waals surface area contributed by atoms with Crippen LogP contribution in [0.5, 0.6) is 11.5 Å². The first kappa shape index (κ1) is 25.1. The van der Waals surface area contributed by atoms with Crippen molar-refractivity contribution in [2.75, 3.05) is 34.0 Å². The molecule has 0 spiro atoms. The molecule has 1 unspecified atom stereocenters. The number of carbonyl (C=O) groups is 1. The molecule has 3 aromatic rings. The summed E-state index contributed by atoms with van der Waals surface area (Å²) < 4.78 is 22.7. The first-order chi connectivity index (χ1) is 16.9. The maximum Gasteiger partial charge on any atom is 0.290 e. The molecule has 1 atom stereocenters. The minimum Gasteiger partial charge on any atom is -0.493 e. The van der Waals surface area contributed by atoms with Gasteiger partial charge in [0.05, 0.1) is 30.7 Å². The number of unbranched alkanes of at least 4 members (excludes halogenated alkanes) is 1. The maximum absolute atomic E-state index is 13.7. The Morgan fingerprint density at radius 3 is 2.57 bits per heavy atom. The van der Waals surface area contributed by atoms with Gasteiger partial charge in [0.1, 0.15) is 5.58 Å². The predicted octanol–water partition coefficient (Wildman–Crippen LogP) is 5.52. The lowest BCUT2D eigenvalue weighted by Crippen LogP contribution is -2.31. The second-order valence-corrected chi connectivity index (χ2v) is 9.04. The molecule has 8 heteroatoms. The predicted molar refractivity (Wildman–Crippen MR) is 135 cm³/mol. The van der Waals surface area contributed by atoms with Crippen LogP contribution in [0.2, 0.25) is 5.02 Å². The summed E-state index contributed by atoms with van der Waals surface area (Å²) in [6, 6.07) is 8.19. The summed E-state index contributed by atoms with van der Waals surface area (Å²) in [5, 5.41) is 0.820. The Balaban J connectivity index is 1.85. The molecule has 1 amide bonds. The molecule has 186 valence electrons. The molecule has 4 rings (SSSR count). The molecule has 0 N–H and O–H groups in total. The highest BCUT2D eigenvalue weighted by Crippen LogP contribution is 2.41. The Kier molecular flexibility index (Phi) is 7.67. The van der Waals surface area contributed by atoms with Crippen molar-refractivity contribution in [3.63, 3.8) is 0 Å². The molecule has 2 aromatic carbocycles. The first-order valence-corrected chi connectivity index (χ1v) is 12.2. The summed E-state index contributed by atoms with van der Waals surface area (Å²) in [4.78, 5) is 28.9. The molecular formula is C27H30ClNO6. The Morgan fingerprint density at radius 2 is 1.86 bits per heavy atom. The van der Waals surface area contributed by atoms with E-state index in [1.165, 1.54) is 0 Å². The lowest BCUT2D eigenvalue weighted by atomic mass is 9.97. The summed E-state index contributed by atoms with van der Waals surface area (Å²) in [5.74, 6) is 0.900. The lowest BCUT2D eigenvalue weighted by Gasteiger charge is -2.25. The molecule has 0 fully saturated rings. The number of hydrogen-bond donors (Lipinski definition) is 0. The van der Waals surface area contributed by atoms with E-state index in [-0.39, 0.29) is 17.1 Å². The summed E-state index contributed by atoms with van der Waals surface area (Å²) in [5.41, 5.74) is 1.89. The molecule has 0 bridgehead atoms. The third-order valence-electron chi connectivity index (χ3n) is 6.25. The van der Waals surface area contributed by atoms with Gasteiger partial charge in [-0.3, -0.25) is 9.59 Å². The van der Waals surface area contributed by atoms with Gasteiger partial charge in [-0.1, -0.05) is 31.0 Å². The molecule has 0 aliphatic carbocycles. The Labute approximate surface area is 209 Å². The first-order valence-electron chi connectivity index (χ1n) is 11.8. The number of benzene rings is 2. The SMILES string of the molecule is CCCCOc1ccc(C2c3c(oc4cc(C)c(Cl)cc4c3=O)C(=O)N2CCCOC)cc1OC.